The fourth-order valence-electron chi connectivity index (χ4n) is 2.99. The highest BCUT2D eigenvalue weighted by Gasteiger charge is 2.27. The molecule has 0 radical (unpaired) electrons. The highest BCUT2D eigenvalue weighted by Crippen LogP contribution is 2.18. The highest BCUT2D eigenvalue weighted by molar-refractivity contribution is 5.79. The molecule has 0 atom stereocenters. The molecule has 1 fully saturated rings. The number of carbonyl (C=O) groups is 2. The van der Waals surface area contributed by atoms with E-state index in [1.54, 1.807) is 12.0 Å². The van der Waals surface area contributed by atoms with Gasteiger partial charge in [0.25, 0.3) is 0 Å². The Hall–Kier alpha value is -2.24. The Morgan fingerprint density at radius 2 is 2.00 bits per heavy atom. The Morgan fingerprint density at radius 1 is 1.28 bits per heavy atom. The molecule has 2 rings (SSSR count). The van der Waals surface area contributed by atoms with Crippen LogP contribution in [0, 0.1) is 5.92 Å². The third kappa shape index (κ3) is 5.96. The number of rotatable bonds is 6. The number of hydrogen-bond donors (Lipinski definition) is 2. The summed E-state index contributed by atoms with van der Waals surface area (Å²) in [5.74, 6) is 0.913. The van der Waals surface area contributed by atoms with E-state index in [9.17, 15) is 9.59 Å². The van der Waals surface area contributed by atoms with Crippen LogP contribution in [-0.4, -0.2) is 49.6 Å². The number of carbonyl (C=O) groups excluding carboxylic acids is 2. The Bertz CT molecular complexity index is 581. The fraction of sp³-hybridized carbons (Fsp3) is 0.579. The zero-order valence-corrected chi connectivity index (χ0v) is 15.4. The van der Waals surface area contributed by atoms with Crippen LogP contribution in [0.2, 0.25) is 0 Å². The lowest BCUT2D eigenvalue weighted by Crippen LogP contribution is -2.48. The first kappa shape index (κ1) is 19.1. The first-order valence-corrected chi connectivity index (χ1v) is 8.95. The van der Waals surface area contributed by atoms with E-state index < -0.39 is 0 Å². The molecule has 1 aromatic carbocycles. The summed E-state index contributed by atoms with van der Waals surface area (Å²) in [5, 5.41) is 5.91. The van der Waals surface area contributed by atoms with Gasteiger partial charge in [-0.2, -0.15) is 0 Å². The molecule has 0 bridgehead atoms. The van der Waals surface area contributed by atoms with E-state index in [0.717, 1.165) is 30.6 Å². The Kier molecular flexibility index (Phi) is 7.10. The van der Waals surface area contributed by atoms with Gasteiger partial charge in [-0.3, -0.25) is 4.79 Å². The Morgan fingerprint density at radius 3 is 2.64 bits per heavy atom. The van der Waals surface area contributed by atoms with Gasteiger partial charge in [0, 0.05) is 31.6 Å². The van der Waals surface area contributed by atoms with Crippen LogP contribution in [0.5, 0.6) is 5.75 Å². The molecular formula is C19H29N3O3. The molecule has 0 spiro atoms. The van der Waals surface area contributed by atoms with E-state index in [4.69, 9.17) is 4.74 Å². The smallest absolute Gasteiger partial charge is 0.317 e. The van der Waals surface area contributed by atoms with Gasteiger partial charge in [0.1, 0.15) is 5.75 Å². The van der Waals surface area contributed by atoms with E-state index >= 15 is 0 Å². The summed E-state index contributed by atoms with van der Waals surface area (Å²) in [5.41, 5.74) is 1.14. The van der Waals surface area contributed by atoms with Gasteiger partial charge in [0.05, 0.1) is 7.11 Å². The Balaban J connectivity index is 1.71. The molecule has 1 aliphatic heterocycles. The van der Waals surface area contributed by atoms with Crippen LogP contribution in [0.15, 0.2) is 24.3 Å². The molecule has 0 unspecified atom stereocenters. The van der Waals surface area contributed by atoms with Crippen molar-refractivity contribution in [2.75, 3.05) is 26.7 Å². The van der Waals surface area contributed by atoms with Crippen molar-refractivity contribution in [2.45, 2.75) is 39.2 Å². The largest absolute Gasteiger partial charge is 0.497 e. The quantitative estimate of drug-likeness (QED) is 0.829. The van der Waals surface area contributed by atoms with Crippen LogP contribution in [0.1, 0.15) is 32.3 Å². The number of amides is 3. The molecule has 6 heteroatoms. The summed E-state index contributed by atoms with van der Waals surface area (Å²) in [6, 6.07) is 7.97. The van der Waals surface area contributed by atoms with Crippen molar-refractivity contribution < 1.29 is 14.3 Å². The summed E-state index contributed by atoms with van der Waals surface area (Å²) < 4.78 is 5.21. The van der Waals surface area contributed by atoms with Gasteiger partial charge in [0.2, 0.25) is 5.91 Å². The third-order valence-corrected chi connectivity index (χ3v) is 4.41. The van der Waals surface area contributed by atoms with Crippen LogP contribution in [0.25, 0.3) is 0 Å². The summed E-state index contributed by atoms with van der Waals surface area (Å²) in [6.07, 6.45) is 2.21. The molecule has 0 saturated carbocycles. The number of nitrogens with one attached hydrogen (secondary N) is 2. The van der Waals surface area contributed by atoms with Crippen LogP contribution >= 0.6 is 0 Å². The summed E-state index contributed by atoms with van der Waals surface area (Å²) in [6.45, 7) is 5.76. The van der Waals surface area contributed by atoms with Gasteiger partial charge < -0.3 is 20.3 Å². The number of hydrogen-bond acceptors (Lipinski definition) is 3. The van der Waals surface area contributed by atoms with E-state index in [1.165, 1.54) is 0 Å². The predicted octanol–water partition coefficient (Wildman–Crippen LogP) is 2.18. The number of urea groups is 1. The number of piperidine rings is 1. The average Bonchev–Trinajstić information content (AvgIpc) is 2.61. The van der Waals surface area contributed by atoms with Crippen LogP contribution in [0.3, 0.4) is 0 Å². The molecule has 25 heavy (non-hydrogen) atoms. The average molecular weight is 347 g/mol. The molecule has 1 aromatic rings. The van der Waals surface area contributed by atoms with Crippen molar-refractivity contribution in [3.8, 4) is 5.75 Å². The van der Waals surface area contributed by atoms with Crippen LogP contribution in [0.4, 0.5) is 4.79 Å². The predicted molar refractivity (Wildman–Crippen MR) is 97.7 cm³/mol. The monoisotopic (exact) mass is 347 g/mol. The van der Waals surface area contributed by atoms with E-state index in [2.05, 4.69) is 10.6 Å². The van der Waals surface area contributed by atoms with E-state index in [1.807, 2.05) is 38.1 Å². The first-order chi connectivity index (χ1) is 12.0. The minimum Gasteiger partial charge on any atom is -0.497 e. The zero-order chi connectivity index (χ0) is 18.2. The molecule has 2 N–H and O–H groups in total. The van der Waals surface area contributed by atoms with Crippen molar-refractivity contribution >= 4 is 11.9 Å². The second-order valence-corrected chi connectivity index (χ2v) is 6.76. The highest BCUT2D eigenvalue weighted by atomic mass is 16.5. The first-order valence-electron chi connectivity index (χ1n) is 8.95. The molecule has 1 saturated heterocycles. The summed E-state index contributed by atoms with van der Waals surface area (Å²) in [4.78, 5) is 26.1. The summed E-state index contributed by atoms with van der Waals surface area (Å²) in [7, 11) is 1.65. The van der Waals surface area contributed by atoms with Crippen LogP contribution < -0.4 is 15.4 Å². The normalized spacial score (nSPS) is 15.1. The maximum Gasteiger partial charge on any atom is 0.317 e. The lowest BCUT2D eigenvalue weighted by Gasteiger charge is -2.32. The zero-order valence-electron chi connectivity index (χ0n) is 15.4. The maximum absolute atomic E-state index is 12.3. The minimum absolute atomic E-state index is 0.00610. The number of nitrogens with zero attached hydrogens (tertiary/aromatic N) is 1. The van der Waals surface area contributed by atoms with Gasteiger partial charge in [-0.25, -0.2) is 4.79 Å². The minimum atomic E-state index is -0.0353. The standard InChI is InChI=1S/C19H29N3O3/c1-14(2)21-19(24)22-11-8-16(9-12-22)18(23)20-10-7-15-5-4-6-17(13-15)25-3/h4-6,13-14,16H,7-12H2,1-3H3,(H,20,23)(H,21,24). The van der Waals surface area contributed by atoms with Crippen LogP contribution in [-0.2, 0) is 11.2 Å². The van der Waals surface area contributed by atoms with Crippen molar-refractivity contribution in [2.24, 2.45) is 5.92 Å². The summed E-state index contributed by atoms with van der Waals surface area (Å²) >= 11 is 0. The van der Waals surface area contributed by atoms with E-state index in [-0.39, 0.29) is 23.9 Å². The van der Waals surface area contributed by atoms with Crippen molar-refractivity contribution in [3.05, 3.63) is 29.8 Å². The molecule has 1 heterocycles. The van der Waals surface area contributed by atoms with E-state index in [0.29, 0.717) is 19.6 Å². The molecule has 6 nitrogen and oxygen atoms in total. The van der Waals surface area contributed by atoms with Gasteiger partial charge in [0.15, 0.2) is 0 Å². The lowest BCUT2D eigenvalue weighted by atomic mass is 9.96. The molecule has 1 aliphatic rings. The number of methoxy groups -OCH3 is 1. The molecule has 0 aliphatic carbocycles. The third-order valence-electron chi connectivity index (χ3n) is 4.41. The molecule has 0 aromatic heterocycles. The maximum atomic E-state index is 12.3. The van der Waals surface area contributed by atoms with Crippen molar-refractivity contribution in [3.63, 3.8) is 0 Å². The number of likely N-dealkylation sites (tertiary alicyclic amines) is 1. The topological polar surface area (TPSA) is 70.7 Å². The number of ether oxygens (including phenoxy) is 1. The number of benzene rings is 1. The lowest BCUT2D eigenvalue weighted by molar-refractivity contribution is -0.126. The van der Waals surface area contributed by atoms with Gasteiger partial charge >= 0.3 is 6.03 Å². The second-order valence-electron chi connectivity index (χ2n) is 6.76. The SMILES string of the molecule is COc1cccc(CCNC(=O)C2CCN(C(=O)NC(C)C)CC2)c1. The second kappa shape index (κ2) is 9.30. The molecule has 3 amide bonds. The van der Waals surface area contributed by atoms with Gasteiger partial charge in [-0.1, -0.05) is 12.1 Å². The van der Waals surface area contributed by atoms with Crippen molar-refractivity contribution in [1.29, 1.82) is 0 Å². The van der Waals surface area contributed by atoms with Gasteiger partial charge in [-0.15, -0.1) is 0 Å². The van der Waals surface area contributed by atoms with Crippen molar-refractivity contribution in [1.82, 2.24) is 15.5 Å². The fourth-order valence-corrected chi connectivity index (χ4v) is 2.99. The Labute approximate surface area is 149 Å². The molecule has 138 valence electrons. The van der Waals surface area contributed by atoms with Gasteiger partial charge in [-0.05, 0) is 50.8 Å². The molecular weight excluding hydrogens is 318 g/mol.